The van der Waals surface area contributed by atoms with Gasteiger partial charge in [0.1, 0.15) is 5.82 Å². The van der Waals surface area contributed by atoms with Crippen molar-refractivity contribution in [2.24, 2.45) is 0 Å². The molecule has 0 aliphatic carbocycles. The van der Waals surface area contributed by atoms with Crippen molar-refractivity contribution in [3.8, 4) is 0 Å². The maximum atomic E-state index is 12.3. The number of hydrogen-bond donors (Lipinski definition) is 1. The van der Waals surface area contributed by atoms with E-state index in [2.05, 4.69) is 20.1 Å². The Morgan fingerprint density at radius 1 is 1.38 bits per heavy atom. The van der Waals surface area contributed by atoms with Crippen LogP contribution in [-0.2, 0) is 11.2 Å². The minimum Gasteiger partial charge on any atom is -0.377 e. The summed E-state index contributed by atoms with van der Waals surface area (Å²) in [6, 6.07) is 0. The van der Waals surface area contributed by atoms with Crippen LogP contribution in [0, 0.1) is 0 Å². The molecule has 2 aliphatic heterocycles. The molecule has 2 aliphatic rings. The normalized spacial score (nSPS) is 23.7. The minimum absolute atomic E-state index is 0.0669. The Balaban J connectivity index is 1.49. The summed E-state index contributed by atoms with van der Waals surface area (Å²) in [4.78, 5) is 20.8. The molecule has 1 aromatic rings. The fraction of sp³-hybridized carbons (Fsp3) is 0.786. The summed E-state index contributed by atoms with van der Waals surface area (Å²) in [5, 5.41) is 6.80. The Morgan fingerprint density at radius 2 is 2.19 bits per heavy atom. The number of aromatic nitrogens is 3. The third kappa shape index (κ3) is 3.41. The van der Waals surface area contributed by atoms with Crippen molar-refractivity contribution >= 4 is 5.91 Å². The lowest BCUT2D eigenvalue weighted by atomic mass is 10.2. The molecule has 116 valence electrons. The molecule has 21 heavy (non-hydrogen) atoms. The predicted molar refractivity (Wildman–Crippen MR) is 77.1 cm³/mol. The lowest BCUT2D eigenvalue weighted by molar-refractivity contribution is 0.0426. The molecule has 2 saturated heterocycles. The van der Waals surface area contributed by atoms with E-state index in [1.165, 1.54) is 6.42 Å². The SMILES string of the molecule is CCc1nc(C(=O)N2CCN(CC3CCCO3)CC2)n[nH]1. The van der Waals surface area contributed by atoms with E-state index >= 15 is 0 Å². The quantitative estimate of drug-likeness (QED) is 0.864. The number of H-pyrrole nitrogens is 1. The van der Waals surface area contributed by atoms with E-state index in [-0.39, 0.29) is 5.91 Å². The van der Waals surface area contributed by atoms with E-state index in [0.29, 0.717) is 11.9 Å². The molecule has 0 saturated carbocycles. The molecular formula is C14H23N5O2. The number of nitrogens with zero attached hydrogens (tertiary/aromatic N) is 4. The van der Waals surface area contributed by atoms with Crippen LogP contribution in [0.1, 0.15) is 36.2 Å². The Morgan fingerprint density at radius 3 is 2.81 bits per heavy atom. The molecule has 3 heterocycles. The summed E-state index contributed by atoms with van der Waals surface area (Å²) in [6.45, 7) is 7.14. The predicted octanol–water partition coefficient (Wildman–Crippen LogP) is 0.304. The first kappa shape index (κ1) is 14.5. The fourth-order valence-corrected chi connectivity index (χ4v) is 2.90. The zero-order chi connectivity index (χ0) is 14.7. The molecule has 0 radical (unpaired) electrons. The van der Waals surface area contributed by atoms with Gasteiger partial charge >= 0.3 is 0 Å². The Labute approximate surface area is 124 Å². The van der Waals surface area contributed by atoms with Crippen LogP contribution in [0.3, 0.4) is 0 Å². The highest BCUT2D eigenvalue weighted by Crippen LogP contribution is 2.15. The number of carbonyl (C=O) groups is 1. The van der Waals surface area contributed by atoms with Gasteiger partial charge in [-0.3, -0.25) is 14.8 Å². The summed E-state index contributed by atoms with van der Waals surface area (Å²) in [5.41, 5.74) is 0. The van der Waals surface area contributed by atoms with Gasteiger partial charge in [-0.2, -0.15) is 0 Å². The number of ether oxygens (including phenoxy) is 1. The first-order valence-electron chi connectivity index (χ1n) is 7.80. The van der Waals surface area contributed by atoms with E-state index in [4.69, 9.17) is 4.74 Å². The first-order valence-corrected chi connectivity index (χ1v) is 7.80. The lowest BCUT2D eigenvalue weighted by Gasteiger charge is -2.35. The van der Waals surface area contributed by atoms with Gasteiger partial charge < -0.3 is 9.64 Å². The van der Waals surface area contributed by atoms with Crippen LogP contribution in [0.2, 0.25) is 0 Å². The van der Waals surface area contributed by atoms with E-state index in [1.807, 2.05) is 11.8 Å². The van der Waals surface area contributed by atoms with Gasteiger partial charge in [0.25, 0.3) is 5.91 Å². The van der Waals surface area contributed by atoms with Crippen LogP contribution < -0.4 is 0 Å². The number of aryl methyl sites for hydroxylation is 1. The first-order chi connectivity index (χ1) is 10.3. The molecule has 1 amide bonds. The third-order valence-electron chi connectivity index (χ3n) is 4.20. The zero-order valence-corrected chi connectivity index (χ0v) is 12.5. The van der Waals surface area contributed by atoms with Gasteiger partial charge in [0.15, 0.2) is 0 Å². The summed E-state index contributed by atoms with van der Waals surface area (Å²) >= 11 is 0. The second kappa shape index (κ2) is 6.53. The Kier molecular flexibility index (Phi) is 4.50. The molecule has 2 fully saturated rings. The van der Waals surface area contributed by atoms with E-state index in [1.54, 1.807) is 0 Å². The lowest BCUT2D eigenvalue weighted by Crippen LogP contribution is -2.50. The van der Waals surface area contributed by atoms with Crippen molar-refractivity contribution in [1.29, 1.82) is 0 Å². The van der Waals surface area contributed by atoms with Crippen molar-refractivity contribution < 1.29 is 9.53 Å². The van der Waals surface area contributed by atoms with Gasteiger partial charge in [-0.25, -0.2) is 4.98 Å². The Hall–Kier alpha value is -1.47. The highest BCUT2D eigenvalue weighted by atomic mass is 16.5. The number of carbonyl (C=O) groups excluding carboxylic acids is 1. The van der Waals surface area contributed by atoms with Gasteiger partial charge in [0.05, 0.1) is 6.10 Å². The van der Waals surface area contributed by atoms with Crippen LogP contribution in [0.15, 0.2) is 0 Å². The van der Waals surface area contributed by atoms with Gasteiger partial charge in [0.2, 0.25) is 5.82 Å². The van der Waals surface area contributed by atoms with Crippen LogP contribution in [0.4, 0.5) is 0 Å². The minimum atomic E-state index is -0.0669. The average molecular weight is 293 g/mol. The van der Waals surface area contributed by atoms with Crippen LogP contribution >= 0.6 is 0 Å². The van der Waals surface area contributed by atoms with Gasteiger partial charge in [-0.1, -0.05) is 6.92 Å². The molecule has 1 unspecified atom stereocenters. The number of piperazine rings is 1. The van der Waals surface area contributed by atoms with Gasteiger partial charge in [-0.05, 0) is 12.8 Å². The molecular weight excluding hydrogens is 270 g/mol. The number of rotatable bonds is 4. The number of aromatic amines is 1. The summed E-state index contributed by atoms with van der Waals surface area (Å²) in [5.74, 6) is 0.984. The third-order valence-corrected chi connectivity index (χ3v) is 4.20. The van der Waals surface area contributed by atoms with Gasteiger partial charge in [-0.15, -0.1) is 5.10 Å². The van der Waals surface area contributed by atoms with E-state index in [9.17, 15) is 4.79 Å². The highest BCUT2D eigenvalue weighted by molar-refractivity contribution is 5.90. The summed E-state index contributed by atoms with van der Waals surface area (Å²) in [6.07, 6.45) is 3.48. The molecule has 0 bridgehead atoms. The zero-order valence-electron chi connectivity index (χ0n) is 12.5. The van der Waals surface area contributed by atoms with Crippen molar-refractivity contribution in [3.63, 3.8) is 0 Å². The molecule has 1 atom stereocenters. The van der Waals surface area contributed by atoms with E-state index < -0.39 is 0 Å². The van der Waals surface area contributed by atoms with Crippen molar-refractivity contribution in [2.75, 3.05) is 39.3 Å². The van der Waals surface area contributed by atoms with Crippen molar-refractivity contribution in [3.05, 3.63) is 11.6 Å². The molecule has 7 nitrogen and oxygen atoms in total. The smallest absolute Gasteiger partial charge is 0.293 e. The summed E-state index contributed by atoms with van der Waals surface area (Å²) in [7, 11) is 0. The van der Waals surface area contributed by atoms with Crippen molar-refractivity contribution in [2.45, 2.75) is 32.3 Å². The molecule has 3 rings (SSSR count). The molecule has 7 heteroatoms. The van der Waals surface area contributed by atoms with E-state index in [0.717, 1.165) is 58.0 Å². The van der Waals surface area contributed by atoms with Crippen LogP contribution in [-0.4, -0.2) is 76.3 Å². The largest absolute Gasteiger partial charge is 0.377 e. The number of hydrogen-bond acceptors (Lipinski definition) is 5. The second-order valence-corrected chi connectivity index (χ2v) is 5.69. The molecule has 1 aromatic heterocycles. The topological polar surface area (TPSA) is 74.3 Å². The fourth-order valence-electron chi connectivity index (χ4n) is 2.90. The second-order valence-electron chi connectivity index (χ2n) is 5.69. The molecule has 1 N–H and O–H groups in total. The molecule has 0 aromatic carbocycles. The maximum Gasteiger partial charge on any atom is 0.293 e. The molecule has 0 spiro atoms. The Bertz CT molecular complexity index is 475. The monoisotopic (exact) mass is 293 g/mol. The maximum absolute atomic E-state index is 12.3. The van der Waals surface area contributed by atoms with Crippen LogP contribution in [0.25, 0.3) is 0 Å². The number of amides is 1. The highest BCUT2D eigenvalue weighted by Gasteiger charge is 2.26. The van der Waals surface area contributed by atoms with Crippen LogP contribution in [0.5, 0.6) is 0 Å². The average Bonchev–Trinajstić information content (AvgIpc) is 3.18. The standard InChI is InChI=1S/C14H23N5O2/c1-2-12-15-13(17-16-12)14(20)19-7-5-18(6-8-19)10-11-4-3-9-21-11/h11H,2-10H2,1H3,(H,15,16,17). The van der Waals surface area contributed by atoms with Crippen molar-refractivity contribution in [1.82, 2.24) is 25.0 Å². The van der Waals surface area contributed by atoms with Gasteiger partial charge in [0, 0.05) is 45.8 Å². The summed E-state index contributed by atoms with van der Waals surface area (Å²) < 4.78 is 5.67. The number of nitrogens with one attached hydrogen (secondary N) is 1.